The molecule has 0 spiro atoms. The highest BCUT2D eigenvalue weighted by Gasteiger charge is 2.06. The first-order valence-electron chi connectivity index (χ1n) is 5.40. The van der Waals surface area contributed by atoms with Crippen molar-refractivity contribution in [3.8, 4) is 0 Å². The van der Waals surface area contributed by atoms with Crippen molar-refractivity contribution in [3.63, 3.8) is 0 Å². The van der Waals surface area contributed by atoms with Crippen molar-refractivity contribution in [1.29, 1.82) is 0 Å². The van der Waals surface area contributed by atoms with Gasteiger partial charge in [-0.1, -0.05) is 28.9 Å². The number of hydrogen-bond donors (Lipinski definition) is 0. The molecule has 3 nitrogen and oxygen atoms in total. The summed E-state index contributed by atoms with van der Waals surface area (Å²) in [7, 11) is 0. The molecule has 0 aliphatic heterocycles. The average Bonchev–Trinajstić information content (AvgIpc) is 2.74. The lowest BCUT2D eigenvalue weighted by Crippen LogP contribution is -1.92. The van der Waals surface area contributed by atoms with E-state index in [1.54, 1.807) is 0 Å². The lowest BCUT2D eigenvalue weighted by atomic mass is 10.1. The van der Waals surface area contributed by atoms with Crippen LogP contribution in [0.4, 0.5) is 0 Å². The quantitative estimate of drug-likeness (QED) is 0.781. The summed E-state index contributed by atoms with van der Waals surface area (Å²) in [5.41, 5.74) is 1.07. The standard InChI is InChI=1S/C12H12Cl2N2O/c13-6-2-5-12-15-11(16-17-12)8-9-3-1-4-10(14)7-9/h1,3-4,7H,2,5-6,8H2. The summed E-state index contributed by atoms with van der Waals surface area (Å²) < 4.78 is 5.12. The number of aromatic nitrogens is 2. The summed E-state index contributed by atoms with van der Waals surface area (Å²) in [6.07, 6.45) is 2.21. The van der Waals surface area contributed by atoms with Crippen molar-refractivity contribution >= 4 is 23.2 Å². The van der Waals surface area contributed by atoms with Gasteiger partial charge in [-0.2, -0.15) is 4.98 Å². The molecule has 90 valence electrons. The fourth-order valence-corrected chi connectivity index (χ4v) is 1.86. The van der Waals surface area contributed by atoms with Crippen LogP contribution in [-0.4, -0.2) is 16.0 Å². The molecule has 0 bridgehead atoms. The van der Waals surface area contributed by atoms with Crippen LogP contribution in [0.25, 0.3) is 0 Å². The Bertz CT molecular complexity index is 485. The number of benzene rings is 1. The van der Waals surface area contributed by atoms with E-state index < -0.39 is 0 Å². The van der Waals surface area contributed by atoms with E-state index in [1.165, 1.54) is 0 Å². The normalized spacial score (nSPS) is 10.7. The number of nitrogens with zero attached hydrogens (tertiary/aromatic N) is 2. The number of aryl methyl sites for hydroxylation is 1. The first kappa shape index (κ1) is 12.4. The van der Waals surface area contributed by atoms with Crippen molar-refractivity contribution in [1.82, 2.24) is 10.1 Å². The molecule has 0 radical (unpaired) electrons. The molecule has 0 fully saturated rings. The zero-order chi connectivity index (χ0) is 12.1. The molecular formula is C12H12Cl2N2O. The average molecular weight is 271 g/mol. The van der Waals surface area contributed by atoms with E-state index in [-0.39, 0.29) is 0 Å². The van der Waals surface area contributed by atoms with Gasteiger partial charge in [-0.15, -0.1) is 11.6 Å². The second-order valence-corrected chi connectivity index (χ2v) is 4.52. The lowest BCUT2D eigenvalue weighted by molar-refractivity contribution is 0.373. The second-order valence-electron chi connectivity index (χ2n) is 3.70. The Morgan fingerprint density at radius 2 is 2.18 bits per heavy atom. The molecule has 1 aromatic heterocycles. The SMILES string of the molecule is ClCCCc1nc(Cc2cccc(Cl)c2)no1. The molecule has 0 aliphatic rings. The molecule has 0 N–H and O–H groups in total. The van der Waals surface area contributed by atoms with E-state index in [4.69, 9.17) is 27.7 Å². The first-order chi connectivity index (χ1) is 8.28. The second kappa shape index (κ2) is 6.03. The fourth-order valence-electron chi connectivity index (χ4n) is 1.51. The topological polar surface area (TPSA) is 38.9 Å². The minimum absolute atomic E-state index is 0.603. The van der Waals surface area contributed by atoms with E-state index in [1.807, 2.05) is 24.3 Å². The van der Waals surface area contributed by atoms with Crippen LogP contribution in [0.3, 0.4) is 0 Å². The molecule has 17 heavy (non-hydrogen) atoms. The Hall–Kier alpha value is -1.06. The molecular weight excluding hydrogens is 259 g/mol. The summed E-state index contributed by atoms with van der Waals surface area (Å²) in [4.78, 5) is 4.29. The molecule has 2 aromatic rings. The largest absolute Gasteiger partial charge is 0.339 e. The van der Waals surface area contributed by atoms with Crippen molar-refractivity contribution < 1.29 is 4.52 Å². The Balaban J connectivity index is 2.01. The highest BCUT2D eigenvalue weighted by atomic mass is 35.5. The fraction of sp³-hybridized carbons (Fsp3) is 0.333. The number of rotatable bonds is 5. The van der Waals surface area contributed by atoms with E-state index in [0.29, 0.717) is 29.0 Å². The Labute approximate surface area is 110 Å². The van der Waals surface area contributed by atoms with E-state index in [0.717, 1.165) is 18.4 Å². The van der Waals surface area contributed by atoms with Gasteiger partial charge in [-0.25, -0.2) is 0 Å². The van der Waals surface area contributed by atoms with Crippen molar-refractivity contribution in [2.24, 2.45) is 0 Å². The third-order valence-corrected chi connectivity index (χ3v) is 2.79. The summed E-state index contributed by atoms with van der Waals surface area (Å²) in [5, 5.41) is 4.64. The van der Waals surface area contributed by atoms with Gasteiger partial charge in [0.25, 0.3) is 0 Å². The van der Waals surface area contributed by atoms with Crippen LogP contribution < -0.4 is 0 Å². The van der Waals surface area contributed by atoms with Crippen LogP contribution in [0.1, 0.15) is 23.7 Å². The summed E-state index contributed by atoms with van der Waals surface area (Å²) >= 11 is 11.5. The molecule has 2 rings (SSSR count). The first-order valence-corrected chi connectivity index (χ1v) is 6.31. The molecule has 1 aromatic carbocycles. The minimum Gasteiger partial charge on any atom is -0.339 e. The number of hydrogen-bond acceptors (Lipinski definition) is 3. The molecule has 0 saturated heterocycles. The smallest absolute Gasteiger partial charge is 0.226 e. The van der Waals surface area contributed by atoms with E-state index >= 15 is 0 Å². The predicted molar refractivity (Wildman–Crippen MR) is 67.6 cm³/mol. The van der Waals surface area contributed by atoms with Gasteiger partial charge in [-0.3, -0.25) is 0 Å². The summed E-state index contributed by atoms with van der Waals surface area (Å²) in [6, 6.07) is 7.64. The van der Waals surface area contributed by atoms with Gasteiger partial charge in [-0.05, 0) is 24.1 Å². The zero-order valence-corrected chi connectivity index (χ0v) is 10.7. The maximum Gasteiger partial charge on any atom is 0.226 e. The van der Waals surface area contributed by atoms with Gasteiger partial charge < -0.3 is 4.52 Å². The van der Waals surface area contributed by atoms with Gasteiger partial charge >= 0.3 is 0 Å². The van der Waals surface area contributed by atoms with Gasteiger partial charge in [0.05, 0.1) is 0 Å². The zero-order valence-electron chi connectivity index (χ0n) is 9.20. The molecule has 0 amide bonds. The third-order valence-electron chi connectivity index (χ3n) is 2.29. The third kappa shape index (κ3) is 3.72. The molecule has 0 saturated carbocycles. The van der Waals surface area contributed by atoms with Gasteiger partial charge in [0.1, 0.15) is 0 Å². The van der Waals surface area contributed by atoms with Gasteiger partial charge in [0.2, 0.25) is 5.89 Å². The van der Waals surface area contributed by atoms with Crippen molar-refractivity contribution in [2.75, 3.05) is 5.88 Å². The molecule has 5 heteroatoms. The Morgan fingerprint density at radius 3 is 2.94 bits per heavy atom. The molecule has 0 aliphatic carbocycles. The number of alkyl halides is 1. The van der Waals surface area contributed by atoms with Gasteiger partial charge in [0, 0.05) is 23.7 Å². The minimum atomic E-state index is 0.603. The van der Waals surface area contributed by atoms with Crippen LogP contribution in [-0.2, 0) is 12.8 Å². The lowest BCUT2D eigenvalue weighted by Gasteiger charge is -1.96. The van der Waals surface area contributed by atoms with Crippen molar-refractivity contribution in [3.05, 3.63) is 46.6 Å². The highest BCUT2D eigenvalue weighted by molar-refractivity contribution is 6.30. The Morgan fingerprint density at radius 1 is 1.29 bits per heavy atom. The maximum absolute atomic E-state index is 5.91. The Kier molecular flexibility index (Phi) is 4.40. The van der Waals surface area contributed by atoms with Crippen LogP contribution >= 0.6 is 23.2 Å². The summed E-state index contributed by atoms with van der Waals surface area (Å²) in [5.74, 6) is 1.92. The summed E-state index contributed by atoms with van der Waals surface area (Å²) in [6.45, 7) is 0. The highest BCUT2D eigenvalue weighted by Crippen LogP contribution is 2.13. The van der Waals surface area contributed by atoms with Gasteiger partial charge in [0.15, 0.2) is 5.82 Å². The predicted octanol–water partition coefficient (Wildman–Crippen LogP) is 3.49. The van der Waals surface area contributed by atoms with Crippen LogP contribution in [0.2, 0.25) is 5.02 Å². The molecule has 0 unspecified atom stereocenters. The van der Waals surface area contributed by atoms with E-state index in [2.05, 4.69) is 10.1 Å². The molecule has 0 atom stereocenters. The van der Waals surface area contributed by atoms with Crippen molar-refractivity contribution in [2.45, 2.75) is 19.3 Å². The van der Waals surface area contributed by atoms with Crippen LogP contribution in [0, 0.1) is 0 Å². The molecule has 1 heterocycles. The van der Waals surface area contributed by atoms with E-state index in [9.17, 15) is 0 Å². The number of halogens is 2. The van der Waals surface area contributed by atoms with Crippen LogP contribution in [0.15, 0.2) is 28.8 Å². The monoisotopic (exact) mass is 270 g/mol. The van der Waals surface area contributed by atoms with Crippen LogP contribution in [0.5, 0.6) is 0 Å². The maximum atomic E-state index is 5.91.